The van der Waals surface area contributed by atoms with Crippen LogP contribution in [0.4, 0.5) is 0 Å². The molecule has 0 saturated heterocycles. The van der Waals surface area contributed by atoms with Gasteiger partial charge in [-0.25, -0.2) is 0 Å². The first-order valence-corrected chi connectivity index (χ1v) is 4.22. The maximum absolute atomic E-state index is 5.51. The molecule has 0 saturated carbocycles. The molecule has 0 amide bonds. The Kier molecular flexibility index (Phi) is 7.13. The highest BCUT2D eigenvalue weighted by molar-refractivity contribution is 6.44. The van der Waals surface area contributed by atoms with Gasteiger partial charge in [-0.05, 0) is 6.42 Å². The third kappa shape index (κ3) is 8.58. The summed E-state index contributed by atoms with van der Waals surface area (Å²) < 4.78 is 0. The van der Waals surface area contributed by atoms with E-state index >= 15 is 0 Å². The van der Waals surface area contributed by atoms with Crippen molar-refractivity contribution in [1.29, 1.82) is 0 Å². The molecule has 0 atom stereocenters. The van der Waals surface area contributed by atoms with Gasteiger partial charge in [-0.3, -0.25) is 0 Å². The molecule has 0 aliphatic heterocycles. The third-order valence-electron chi connectivity index (χ3n) is 1.17. The zero-order valence-corrected chi connectivity index (χ0v) is 7.09. The molecular weight excluding hydrogens is 155 g/mol. The monoisotopic (exact) mass is 167 g/mol. The van der Waals surface area contributed by atoms with Crippen LogP contribution in [0.5, 0.6) is 0 Å². The van der Waals surface area contributed by atoms with Gasteiger partial charge in [0, 0.05) is 0 Å². The van der Waals surface area contributed by atoms with Crippen LogP contribution in [0, 0.1) is 6.92 Å². The lowest BCUT2D eigenvalue weighted by Gasteiger charge is -1.98. The Hall–Kier alpha value is 0.580. The Labute approximate surface area is 67.5 Å². The fourth-order valence-corrected chi connectivity index (χ4v) is 0.961. The summed E-state index contributed by atoms with van der Waals surface area (Å²) in [5.74, 6) is 0. The molecule has 0 aromatic heterocycles. The van der Waals surface area contributed by atoms with Gasteiger partial charge in [-0.1, -0.05) is 32.6 Å². The van der Waals surface area contributed by atoms with Crippen LogP contribution in [0.3, 0.4) is 0 Å². The van der Waals surface area contributed by atoms with Crippen molar-refractivity contribution in [3.8, 4) is 0 Å². The lowest BCUT2D eigenvalue weighted by Crippen LogP contribution is -1.85. The lowest BCUT2D eigenvalue weighted by molar-refractivity contribution is 0.666. The van der Waals surface area contributed by atoms with Gasteiger partial charge in [0.1, 0.15) is 4.84 Å². The summed E-state index contributed by atoms with van der Waals surface area (Å²) in [6.45, 7) is 3.74. The van der Waals surface area contributed by atoms with Crippen molar-refractivity contribution in [3.05, 3.63) is 6.92 Å². The van der Waals surface area contributed by atoms with Gasteiger partial charge in [0.05, 0.1) is 0 Å². The van der Waals surface area contributed by atoms with Crippen LogP contribution in [0.15, 0.2) is 0 Å². The first-order chi connectivity index (χ1) is 4.27. The molecule has 9 heavy (non-hydrogen) atoms. The molecule has 0 spiro atoms. The van der Waals surface area contributed by atoms with Crippen molar-refractivity contribution in [1.82, 2.24) is 0 Å². The van der Waals surface area contributed by atoms with Crippen LogP contribution in [0.25, 0.3) is 0 Å². The number of unbranched alkanes of at least 4 members (excludes halogenated alkanes) is 3. The first-order valence-electron chi connectivity index (χ1n) is 3.34. The Morgan fingerprint density at radius 3 is 2.22 bits per heavy atom. The molecule has 2 heteroatoms. The van der Waals surface area contributed by atoms with Gasteiger partial charge in [0.2, 0.25) is 0 Å². The summed E-state index contributed by atoms with van der Waals surface area (Å²) in [5, 5.41) is 0. The number of hydrogen-bond acceptors (Lipinski definition) is 0. The summed E-state index contributed by atoms with van der Waals surface area (Å²) in [7, 11) is 0. The van der Waals surface area contributed by atoms with E-state index in [2.05, 4.69) is 6.92 Å². The molecule has 0 aromatic carbocycles. The molecule has 0 aliphatic rings. The summed E-state index contributed by atoms with van der Waals surface area (Å²) >= 11 is 11.0. The van der Waals surface area contributed by atoms with Crippen molar-refractivity contribution in [2.45, 2.75) is 36.9 Å². The minimum atomic E-state index is -0.171. The van der Waals surface area contributed by atoms with Gasteiger partial charge < -0.3 is 0 Å². The van der Waals surface area contributed by atoms with Crippen molar-refractivity contribution in [3.63, 3.8) is 0 Å². The van der Waals surface area contributed by atoms with Gasteiger partial charge in [0.25, 0.3) is 0 Å². The second kappa shape index (κ2) is 6.70. The number of rotatable bonds is 5. The van der Waals surface area contributed by atoms with E-state index in [0.717, 1.165) is 19.3 Å². The first kappa shape index (κ1) is 9.58. The highest BCUT2D eigenvalue weighted by Crippen LogP contribution is 2.12. The second-order valence-electron chi connectivity index (χ2n) is 2.09. The number of halogens is 2. The Bertz CT molecular complexity index is 52.9. The van der Waals surface area contributed by atoms with E-state index in [0.29, 0.717) is 0 Å². The average molecular weight is 168 g/mol. The van der Waals surface area contributed by atoms with E-state index in [-0.39, 0.29) is 4.84 Å². The van der Waals surface area contributed by atoms with Gasteiger partial charge in [-0.2, -0.15) is 0 Å². The average Bonchev–Trinajstić information content (AvgIpc) is 1.80. The largest absolute Gasteiger partial charge is 0.107 e. The van der Waals surface area contributed by atoms with E-state index in [1.807, 2.05) is 0 Å². The predicted octanol–water partition coefficient (Wildman–Crippen LogP) is 3.57. The number of alkyl halides is 2. The normalized spacial score (nSPS) is 10.7. The van der Waals surface area contributed by atoms with Crippen molar-refractivity contribution in [2.75, 3.05) is 0 Å². The Balaban J connectivity index is 2.75. The van der Waals surface area contributed by atoms with E-state index in [1.165, 1.54) is 12.8 Å². The van der Waals surface area contributed by atoms with E-state index in [9.17, 15) is 0 Å². The van der Waals surface area contributed by atoms with Crippen molar-refractivity contribution < 1.29 is 0 Å². The zero-order valence-electron chi connectivity index (χ0n) is 5.58. The van der Waals surface area contributed by atoms with Crippen molar-refractivity contribution >= 4 is 23.2 Å². The fraction of sp³-hybridized carbons (Fsp3) is 0.857. The molecule has 0 heterocycles. The zero-order chi connectivity index (χ0) is 7.11. The van der Waals surface area contributed by atoms with E-state index in [1.54, 1.807) is 0 Å². The molecule has 0 bridgehead atoms. The SMILES string of the molecule is [CH2]CCCCCC(Cl)Cl. The van der Waals surface area contributed by atoms with Gasteiger partial charge >= 0.3 is 0 Å². The van der Waals surface area contributed by atoms with Gasteiger partial charge in [0.15, 0.2) is 0 Å². The van der Waals surface area contributed by atoms with Crippen LogP contribution in [-0.4, -0.2) is 4.84 Å². The van der Waals surface area contributed by atoms with Crippen LogP contribution >= 0.6 is 23.2 Å². The molecule has 0 rings (SSSR count). The molecule has 0 fully saturated rings. The Morgan fingerprint density at radius 1 is 1.11 bits per heavy atom. The van der Waals surface area contributed by atoms with Crippen LogP contribution in [0.2, 0.25) is 0 Å². The highest BCUT2D eigenvalue weighted by Gasteiger charge is 1.96. The van der Waals surface area contributed by atoms with E-state index < -0.39 is 0 Å². The summed E-state index contributed by atoms with van der Waals surface area (Å²) in [5.41, 5.74) is 0. The topological polar surface area (TPSA) is 0 Å². The summed E-state index contributed by atoms with van der Waals surface area (Å²) in [6, 6.07) is 0. The molecule has 55 valence electrons. The molecular formula is C7H13Cl2. The van der Waals surface area contributed by atoms with Crippen molar-refractivity contribution in [2.24, 2.45) is 0 Å². The standard InChI is InChI=1S/C7H13Cl2/c1-2-3-4-5-6-7(8)9/h7H,1-6H2. The highest BCUT2D eigenvalue weighted by atomic mass is 35.5. The smallest absolute Gasteiger partial charge is 0.105 e. The molecule has 0 aliphatic carbocycles. The molecule has 0 N–H and O–H groups in total. The minimum Gasteiger partial charge on any atom is -0.105 e. The quantitative estimate of drug-likeness (QED) is 0.434. The maximum atomic E-state index is 5.51. The van der Waals surface area contributed by atoms with E-state index in [4.69, 9.17) is 23.2 Å². The predicted molar refractivity (Wildman–Crippen MR) is 43.9 cm³/mol. The molecule has 0 aromatic rings. The number of hydrogen-bond donors (Lipinski definition) is 0. The molecule has 0 nitrogen and oxygen atoms in total. The molecule has 0 unspecified atom stereocenters. The maximum Gasteiger partial charge on any atom is 0.107 e. The summed E-state index contributed by atoms with van der Waals surface area (Å²) in [4.78, 5) is -0.171. The Morgan fingerprint density at radius 2 is 1.78 bits per heavy atom. The fourth-order valence-electron chi connectivity index (χ4n) is 0.652. The summed E-state index contributed by atoms with van der Waals surface area (Å²) in [6.07, 6.45) is 5.48. The van der Waals surface area contributed by atoms with Crippen LogP contribution in [0.1, 0.15) is 32.1 Å². The van der Waals surface area contributed by atoms with Crippen LogP contribution in [-0.2, 0) is 0 Å². The molecule has 1 radical (unpaired) electrons. The van der Waals surface area contributed by atoms with Crippen LogP contribution < -0.4 is 0 Å². The lowest BCUT2D eigenvalue weighted by atomic mass is 10.2. The van der Waals surface area contributed by atoms with Gasteiger partial charge in [-0.15, -0.1) is 23.2 Å². The minimum absolute atomic E-state index is 0.171. The third-order valence-corrected chi connectivity index (χ3v) is 1.61. The second-order valence-corrected chi connectivity index (χ2v) is 3.37.